The molecular weight excluding hydrogens is 350 g/mol. The zero-order valence-electron chi connectivity index (χ0n) is 10.5. The minimum atomic E-state index is -3.85. The fourth-order valence-corrected chi connectivity index (χ4v) is 3.00. The number of sulfonamides is 1. The predicted molar refractivity (Wildman–Crippen MR) is 76.1 cm³/mol. The predicted octanol–water partition coefficient (Wildman–Crippen LogP) is 2.34. The van der Waals surface area contributed by atoms with Crippen LogP contribution < -0.4 is 9.46 Å². The Balaban J connectivity index is 2.30. The van der Waals surface area contributed by atoms with Gasteiger partial charge in [-0.25, -0.2) is 0 Å². The summed E-state index contributed by atoms with van der Waals surface area (Å²) in [7, 11) is -2.36. The molecule has 1 heterocycles. The largest absolute Gasteiger partial charge is 0.497 e. The Morgan fingerprint density at radius 3 is 2.70 bits per heavy atom. The maximum absolute atomic E-state index is 12.1. The van der Waals surface area contributed by atoms with Crippen LogP contribution in [-0.4, -0.2) is 20.6 Å². The van der Waals surface area contributed by atoms with Crippen LogP contribution in [0.2, 0.25) is 0 Å². The molecule has 0 spiro atoms. The summed E-state index contributed by atoms with van der Waals surface area (Å²) < 4.78 is 37.3. The van der Waals surface area contributed by atoms with Crippen molar-refractivity contribution in [1.82, 2.24) is 0 Å². The summed E-state index contributed by atoms with van der Waals surface area (Å²) in [5, 5.41) is 8.62. The number of rotatable bonds is 5. The van der Waals surface area contributed by atoms with E-state index in [4.69, 9.17) is 14.3 Å². The molecule has 8 heteroatoms. The van der Waals surface area contributed by atoms with Crippen LogP contribution in [0.15, 0.2) is 44.3 Å². The minimum absolute atomic E-state index is 0.178. The van der Waals surface area contributed by atoms with Crippen molar-refractivity contribution >= 4 is 31.6 Å². The van der Waals surface area contributed by atoms with Gasteiger partial charge in [0, 0.05) is 10.5 Å². The average Bonchev–Trinajstić information content (AvgIpc) is 2.87. The first-order chi connectivity index (χ1) is 9.44. The van der Waals surface area contributed by atoms with E-state index in [0.29, 0.717) is 15.9 Å². The van der Waals surface area contributed by atoms with E-state index in [-0.39, 0.29) is 17.5 Å². The topological polar surface area (TPSA) is 88.8 Å². The maximum atomic E-state index is 12.1. The lowest BCUT2D eigenvalue weighted by atomic mass is 10.3. The fraction of sp³-hybridized carbons (Fsp3) is 0.167. The number of nitrogens with one attached hydrogen (secondary N) is 1. The van der Waals surface area contributed by atoms with Gasteiger partial charge in [0.15, 0.2) is 0 Å². The van der Waals surface area contributed by atoms with Crippen LogP contribution in [0.3, 0.4) is 0 Å². The Morgan fingerprint density at radius 1 is 1.35 bits per heavy atom. The molecule has 20 heavy (non-hydrogen) atoms. The summed E-state index contributed by atoms with van der Waals surface area (Å²) in [6.45, 7) is -0.361. The first kappa shape index (κ1) is 14.9. The van der Waals surface area contributed by atoms with Crippen LogP contribution in [-0.2, 0) is 16.6 Å². The molecule has 0 atom stereocenters. The number of methoxy groups -OCH3 is 1. The second-order valence-corrected chi connectivity index (χ2v) is 6.39. The molecule has 0 aliphatic carbocycles. The minimum Gasteiger partial charge on any atom is -0.497 e. The number of anilines is 1. The van der Waals surface area contributed by atoms with Gasteiger partial charge in [0.05, 0.1) is 12.8 Å². The smallest absolute Gasteiger partial charge is 0.295 e. The van der Waals surface area contributed by atoms with Crippen molar-refractivity contribution < 1.29 is 22.7 Å². The van der Waals surface area contributed by atoms with Crippen LogP contribution in [0.5, 0.6) is 5.75 Å². The van der Waals surface area contributed by atoms with Gasteiger partial charge in [-0.15, -0.1) is 0 Å². The van der Waals surface area contributed by atoms with Gasteiger partial charge in [-0.1, -0.05) is 15.9 Å². The third-order valence-electron chi connectivity index (χ3n) is 2.42. The molecule has 0 bridgehead atoms. The highest BCUT2D eigenvalue weighted by Gasteiger charge is 2.19. The van der Waals surface area contributed by atoms with Crippen LogP contribution >= 0.6 is 15.9 Å². The molecule has 0 fully saturated rings. The number of hydrogen-bond donors (Lipinski definition) is 2. The van der Waals surface area contributed by atoms with Gasteiger partial charge in [0.25, 0.3) is 10.0 Å². The van der Waals surface area contributed by atoms with Gasteiger partial charge in [-0.3, -0.25) is 4.72 Å². The number of benzene rings is 1. The maximum Gasteiger partial charge on any atom is 0.295 e. The Kier molecular flexibility index (Phi) is 4.36. The summed E-state index contributed by atoms with van der Waals surface area (Å²) in [5.74, 6) is 0.685. The van der Waals surface area contributed by atoms with E-state index in [9.17, 15) is 8.42 Å². The molecule has 2 aromatic rings. The molecule has 1 aromatic carbocycles. The summed E-state index contributed by atoms with van der Waals surface area (Å²) in [5.41, 5.74) is 0.332. The van der Waals surface area contributed by atoms with E-state index in [1.807, 2.05) is 0 Å². The molecule has 0 aliphatic heterocycles. The fourth-order valence-electron chi connectivity index (χ4n) is 1.53. The standard InChI is InChI=1S/C12H12BrNO5S/c1-18-11-5-8(13)4-9(6-11)14-20(16,17)12-3-2-10(7-15)19-12/h2-6,14-15H,7H2,1H3. The molecule has 0 amide bonds. The van der Waals surface area contributed by atoms with Crippen LogP contribution in [0.1, 0.15) is 5.76 Å². The Labute approximate surface area is 124 Å². The molecule has 0 unspecified atom stereocenters. The van der Waals surface area contributed by atoms with Crippen molar-refractivity contribution in [3.63, 3.8) is 0 Å². The van der Waals surface area contributed by atoms with E-state index in [1.165, 1.54) is 25.3 Å². The van der Waals surface area contributed by atoms with E-state index in [1.54, 1.807) is 12.1 Å². The lowest BCUT2D eigenvalue weighted by Gasteiger charge is -2.08. The first-order valence-electron chi connectivity index (χ1n) is 5.51. The van der Waals surface area contributed by atoms with Crippen molar-refractivity contribution in [2.75, 3.05) is 11.8 Å². The number of aliphatic hydroxyl groups is 1. The lowest BCUT2D eigenvalue weighted by molar-refractivity contribution is 0.236. The molecule has 6 nitrogen and oxygen atoms in total. The molecule has 0 aliphatic rings. The van der Waals surface area contributed by atoms with Gasteiger partial charge < -0.3 is 14.3 Å². The van der Waals surface area contributed by atoms with E-state index < -0.39 is 10.0 Å². The summed E-state index contributed by atoms with van der Waals surface area (Å²) in [6, 6.07) is 7.52. The number of ether oxygens (including phenoxy) is 1. The van der Waals surface area contributed by atoms with E-state index >= 15 is 0 Å². The highest BCUT2D eigenvalue weighted by Crippen LogP contribution is 2.26. The van der Waals surface area contributed by atoms with Gasteiger partial charge in [-0.05, 0) is 24.3 Å². The third-order valence-corrected chi connectivity index (χ3v) is 4.13. The molecule has 2 rings (SSSR count). The molecule has 108 valence electrons. The second-order valence-electron chi connectivity index (χ2n) is 3.86. The number of halogens is 1. The average molecular weight is 362 g/mol. The van der Waals surface area contributed by atoms with Crippen molar-refractivity contribution in [1.29, 1.82) is 0 Å². The van der Waals surface area contributed by atoms with Crippen LogP contribution in [0, 0.1) is 0 Å². The van der Waals surface area contributed by atoms with Crippen molar-refractivity contribution in [2.45, 2.75) is 11.7 Å². The molecule has 0 saturated heterocycles. The lowest BCUT2D eigenvalue weighted by Crippen LogP contribution is -2.12. The molecule has 0 radical (unpaired) electrons. The Hall–Kier alpha value is -1.51. The van der Waals surface area contributed by atoms with Crippen molar-refractivity contribution in [3.8, 4) is 5.75 Å². The zero-order valence-corrected chi connectivity index (χ0v) is 12.9. The van der Waals surface area contributed by atoms with Crippen molar-refractivity contribution in [2.24, 2.45) is 0 Å². The van der Waals surface area contributed by atoms with Crippen molar-refractivity contribution in [3.05, 3.63) is 40.6 Å². The monoisotopic (exact) mass is 361 g/mol. The van der Waals surface area contributed by atoms with Gasteiger partial charge >= 0.3 is 0 Å². The van der Waals surface area contributed by atoms with E-state index in [2.05, 4.69) is 20.7 Å². The Morgan fingerprint density at radius 2 is 2.10 bits per heavy atom. The SMILES string of the molecule is COc1cc(Br)cc(NS(=O)(=O)c2ccc(CO)o2)c1. The van der Waals surface area contributed by atoms with Gasteiger partial charge in [0.1, 0.15) is 18.1 Å². The number of hydrogen-bond acceptors (Lipinski definition) is 5. The quantitative estimate of drug-likeness (QED) is 0.852. The molecule has 2 N–H and O–H groups in total. The van der Waals surface area contributed by atoms with Gasteiger partial charge in [0.2, 0.25) is 5.09 Å². The molecule has 1 aromatic heterocycles. The van der Waals surface area contributed by atoms with Gasteiger partial charge in [-0.2, -0.15) is 8.42 Å². The second kappa shape index (κ2) is 5.86. The van der Waals surface area contributed by atoms with Crippen LogP contribution in [0.4, 0.5) is 5.69 Å². The Bertz CT molecular complexity index is 710. The zero-order chi connectivity index (χ0) is 14.8. The van der Waals surface area contributed by atoms with Crippen LogP contribution in [0.25, 0.3) is 0 Å². The number of furan rings is 1. The van der Waals surface area contributed by atoms with E-state index in [0.717, 1.165) is 0 Å². The summed E-state index contributed by atoms with van der Waals surface area (Å²) in [4.78, 5) is 0. The highest BCUT2D eigenvalue weighted by molar-refractivity contribution is 9.10. The number of aliphatic hydroxyl groups excluding tert-OH is 1. The summed E-state index contributed by atoms with van der Waals surface area (Å²) >= 11 is 3.26. The normalized spacial score (nSPS) is 11.3. The molecular formula is C12H12BrNO5S. The highest BCUT2D eigenvalue weighted by atomic mass is 79.9. The summed E-state index contributed by atoms with van der Waals surface area (Å²) in [6.07, 6.45) is 0. The third kappa shape index (κ3) is 3.33. The molecule has 0 saturated carbocycles. The first-order valence-corrected chi connectivity index (χ1v) is 7.79.